The third kappa shape index (κ3) is 5.30. The zero-order chi connectivity index (χ0) is 22.6. The molecule has 1 aliphatic rings. The zero-order valence-electron chi connectivity index (χ0n) is 18.8. The molecule has 6 heteroatoms. The van der Waals surface area contributed by atoms with Crippen LogP contribution >= 0.6 is 11.3 Å². The Morgan fingerprint density at radius 2 is 1.67 bits per heavy atom. The molecule has 1 saturated heterocycles. The van der Waals surface area contributed by atoms with Crippen molar-refractivity contribution in [2.24, 2.45) is 0 Å². The van der Waals surface area contributed by atoms with Gasteiger partial charge in [0.15, 0.2) is 5.13 Å². The maximum atomic E-state index is 12.6. The predicted octanol–water partition coefficient (Wildman–Crippen LogP) is 5.03. The van der Waals surface area contributed by atoms with E-state index in [0.717, 1.165) is 44.0 Å². The summed E-state index contributed by atoms with van der Waals surface area (Å²) in [6.07, 6.45) is 0. The number of aromatic nitrogens is 1. The van der Waals surface area contributed by atoms with E-state index in [2.05, 4.69) is 93.8 Å². The topological polar surface area (TPSA) is 48.5 Å². The van der Waals surface area contributed by atoms with Crippen molar-refractivity contribution in [2.45, 2.75) is 13.5 Å². The number of thiazole rings is 1. The number of aryl methyl sites for hydroxylation is 1. The molecule has 5 rings (SSSR count). The van der Waals surface area contributed by atoms with Crippen molar-refractivity contribution in [2.75, 3.05) is 38.0 Å². The van der Waals surface area contributed by atoms with E-state index in [1.54, 1.807) is 0 Å². The minimum Gasteiger partial charge on any atom is -0.301 e. The Balaban J connectivity index is 1.12. The molecule has 0 aliphatic carbocycles. The molecule has 168 valence electrons. The number of fused-ring (bicyclic) bond motifs is 1. The minimum absolute atomic E-state index is 0.00214. The largest absolute Gasteiger partial charge is 0.301 e. The van der Waals surface area contributed by atoms with Crippen molar-refractivity contribution in [3.63, 3.8) is 0 Å². The first-order valence-electron chi connectivity index (χ1n) is 11.4. The Bertz CT molecular complexity index is 1240. The van der Waals surface area contributed by atoms with Crippen molar-refractivity contribution in [1.82, 2.24) is 14.8 Å². The quantitative estimate of drug-likeness (QED) is 0.442. The highest BCUT2D eigenvalue weighted by Crippen LogP contribution is 2.25. The normalized spacial score (nSPS) is 15.1. The van der Waals surface area contributed by atoms with Gasteiger partial charge in [0.05, 0.1) is 12.2 Å². The zero-order valence-corrected chi connectivity index (χ0v) is 19.6. The Hall–Kier alpha value is -3.06. The number of anilines is 1. The fraction of sp³-hybridized carbons (Fsp3) is 0.259. The molecule has 1 N–H and O–H groups in total. The van der Waals surface area contributed by atoms with Gasteiger partial charge in [0.1, 0.15) is 0 Å². The lowest BCUT2D eigenvalue weighted by atomic mass is 10.0. The van der Waals surface area contributed by atoms with Crippen LogP contribution in [0.25, 0.3) is 22.0 Å². The van der Waals surface area contributed by atoms with Crippen LogP contribution in [0.5, 0.6) is 0 Å². The lowest BCUT2D eigenvalue weighted by Crippen LogP contribution is -2.48. The van der Waals surface area contributed by atoms with Crippen molar-refractivity contribution in [1.29, 1.82) is 0 Å². The Morgan fingerprint density at radius 3 is 2.48 bits per heavy atom. The van der Waals surface area contributed by atoms with E-state index in [9.17, 15) is 4.79 Å². The van der Waals surface area contributed by atoms with E-state index < -0.39 is 0 Å². The summed E-state index contributed by atoms with van der Waals surface area (Å²) in [5, 5.41) is 8.24. The summed E-state index contributed by atoms with van der Waals surface area (Å²) in [6.45, 7) is 7.13. The highest BCUT2D eigenvalue weighted by Gasteiger charge is 2.20. The van der Waals surface area contributed by atoms with Gasteiger partial charge in [0, 0.05) is 43.7 Å². The highest BCUT2D eigenvalue weighted by molar-refractivity contribution is 7.14. The van der Waals surface area contributed by atoms with Gasteiger partial charge < -0.3 is 5.32 Å². The molecule has 1 aromatic heterocycles. The van der Waals surface area contributed by atoms with Crippen molar-refractivity contribution in [3.8, 4) is 11.3 Å². The van der Waals surface area contributed by atoms with Gasteiger partial charge in [-0.2, -0.15) is 0 Å². The van der Waals surface area contributed by atoms with Gasteiger partial charge >= 0.3 is 0 Å². The van der Waals surface area contributed by atoms with E-state index in [1.807, 2.05) is 5.38 Å². The lowest BCUT2D eigenvalue weighted by molar-refractivity contribution is -0.117. The molecular weight excluding hydrogens is 428 g/mol. The van der Waals surface area contributed by atoms with Crippen molar-refractivity contribution in [3.05, 3.63) is 83.2 Å². The Kier molecular flexibility index (Phi) is 6.48. The molecule has 4 aromatic rings. The summed E-state index contributed by atoms with van der Waals surface area (Å²) in [4.78, 5) is 21.9. The van der Waals surface area contributed by atoms with Gasteiger partial charge in [-0.3, -0.25) is 14.6 Å². The molecule has 33 heavy (non-hydrogen) atoms. The molecule has 3 aromatic carbocycles. The number of piperazine rings is 1. The van der Waals surface area contributed by atoms with E-state index in [4.69, 9.17) is 0 Å². The smallest absolute Gasteiger partial charge is 0.240 e. The van der Waals surface area contributed by atoms with E-state index in [1.165, 1.54) is 33.2 Å². The van der Waals surface area contributed by atoms with Gasteiger partial charge in [0.2, 0.25) is 5.91 Å². The first-order valence-corrected chi connectivity index (χ1v) is 12.3. The predicted molar refractivity (Wildman–Crippen MR) is 137 cm³/mol. The molecule has 5 nitrogen and oxygen atoms in total. The summed E-state index contributed by atoms with van der Waals surface area (Å²) in [5.41, 5.74) is 4.56. The monoisotopic (exact) mass is 456 g/mol. The number of nitrogens with zero attached hydrogens (tertiary/aromatic N) is 3. The SMILES string of the molecule is Cc1ccc(-c2csc(NC(=O)CN3CCN(Cc4cccc5ccccc45)CC3)n2)cc1. The van der Waals surface area contributed by atoms with Gasteiger partial charge in [-0.15, -0.1) is 11.3 Å². The highest BCUT2D eigenvalue weighted by atomic mass is 32.1. The van der Waals surface area contributed by atoms with Crippen LogP contribution in [0.1, 0.15) is 11.1 Å². The molecule has 0 radical (unpaired) electrons. The standard InChI is InChI=1S/C27H28N4OS/c1-20-9-11-22(12-10-20)25-19-33-27(28-25)29-26(32)18-31-15-13-30(14-16-31)17-23-7-4-6-21-5-2-3-8-24(21)23/h2-12,19H,13-18H2,1H3,(H,28,29,32). The Morgan fingerprint density at radius 1 is 0.939 bits per heavy atom. The van der Waals surface area contributed by atoms with Gasteiger partial charge in [-0.25, -0.2) is 4.98 Å². The molecule has 2 heterocycles. The molecular formula is C27H28N4OS. The average Bonchev–Trinajstić information content (AvgIpc) is 3.29. The fourth-order valence-electron chi connectivity index (χ4n) is 4.33. The maximum Gasteiger partial charge on any atom is 0.240 e. The van der Waals surface area contributed by atoms with Gasteiger partial charge in [-0.05, 0) is 23.3 Å². The lowest BCUT2D eigenvalue weighted by Gasteiger charge is -2.34. The number of hydrogen-bond acceptors (Lipinski definition) is 5. The summed E-state index contributed by atoms with van der Waals surface area (Å²) in [7, 11) is 0. The summed E-state index contributed by atoms with van der Waals surface area (Å²) in [6, 6.07) is 23.4. The number of benzene rings is 3. The second-order valence-electron chi connectivity index (χ2n) is 8.64. The molecule has 1 fully saturated rings. The van der Waals surface area contributed by atoms with E-state index >= 15 is 0 Å². The second kappa shape index (κ2) is 9.83. The average molecular weight is 457 g/mol. The Labute approximate surface area is 198 Å². The number of nitrogens with one attached hydrogen (secondary N) is 1. The number of amides is 1. The number of hydrogen-bond donors (Lipinski definition) is 1. The van der Waals surface area contributed by atoms with Crippen LogP contribution in [-0.2, 0) is 11.3 Å². The fourth-order valence-corrected chi connectivity index (χ4v) is 5.06. The van der Waals surface area contributed by atoms with Crippen LogP contribution in [-0.4, -0.2) is 53.4 Å². The molecule has 1 amide bonds. The van der Waals surface area contributed by atoms with Crippen molar-refractivity contribution >= 4 is 33.1 Å². The summed E-state index contributed by atoms with van der Waals surface area (Å²) in [5.74, 6) is 0.00214. The molecule has 0 spiro atoms. The van der Waals surface area contributed by atoms with Gasteiger partial charge in [0.25, 0.3) is 0 Å². The second-order valence-corrected chi connectivity index (χ2v) is 9.50. The first kappa shape index (κ1) is 21.8. The molecule has 0 bridgehead atoms. The maximum absolute atomic E-state index is 12.6. The minimum atomic E-state index is 0.00214. The summed E-state index contributed by atoms with van der Waals surface area (Å²) < 4.78 is 0. The van der Waals surface area contributed by atoms with Crippen LogP contribution < -0.4 is 5.32 Å². The number of rotatable bonds is 6. The number of carbonyl (C=O) groups excluding carboxylic acids is 1. The van der Waals surface area contributed by atoms with E-state index in [0.29, 0.717) is 11.7 Å². The van der Waals surface area contributed by atoms with Crippen LogP contribution in [0.4, 0.5) is 5.13 Å². The number of carbonyl (C=O) groups is 1. The van der Waals surface area contributed by atoms with Crippen LogP contribution in [0.2, 0.25) is 0 Å². The third-order valence-corrected chi connectivity index (χ3v) is 6.96. The molecule has 1 aliphatic heterocycles. The molecule has 0 unspecified atom stereocenters. The first-order chi connectivity index (χ1) is 16.1. The van der Waals surface area contributed by atoms with E-state index in [-0.39, 0.29) is 5.91 Å². The van der Waals surface area contributed by atoms with Gasteiger partial charge in [-0.1, -0.05) is 72.3 Å². The third-order valence-electron chi connectivity index (χ3n) is 6.20. The van der Waals surface area contributed by atoms with Crippen LogP contribution in [0.15, 0.2) is 72.1 Å². The summed E-state index contributed by atoms with van der Waals surface area (Å²) >= 11 is 1.47. The van der Waals surface area contributed by atoms with Crippen molar-refractivity contribution < 1.29 is 4.79 Å². The molecule has 0 saturated carbocycles. The molecule has 0 atom stereocenters. The van der Waals surface area contributed by atoms with Crippen LogP contribution in [0.3, 0.4) is 0 Å². The van der Waals surface area contributed by atoms with Crippen LogP contribution in [0, 0.1) is 6.92 Å².